The van der Waals surface area contributed by atoms with E-state index in [9.17, 15) is 13.2 Å². The van der Waals surface area contributed by atoms with Crippen LogP contribution in [0.3, 0.4) is 0 Å². The third kappa shape index (κ3) is 2.41. The lowest BCUT2D eigenvalue weighted by Crippen LogP contribution is -2.18. The number of hydrogen-bond acceptors (Lipinski definition) is 3. The molecule has 3 rings (SSSR count). The lowest BCUT2D eigenvalue weighted by molar-refractivity contribution is 0.575. The summed E-state index contributed by atoms with van der Waals surface area (Å²) in [6, 6.07) is 5.20. The van der Waals surface area contributed by atoms with Crippen molar-refractivity contribution in [1.29, 1.82) is 0 Å². The normalized spacial score (nSPS) is 13.4. The Balaban J connectivity index is 2.06. The first-order chi connectivity index (χ1) is 10.1. The molecule has 2 aromatic rings. The van der Waals surface area contributed by atoms with E-state index in [0.717, 1.165) is 11.6 Å². The van der Waals surface area contributed by atoms with Gasteiger partial charge in [0.1, 0.15) is 5.82 Å². The highest BCUT2D eigenvalue weighted by atomic mass is 19.1. The molecule has 0 aliphatic carbocycles. The van der Waals surface area contributed by atoms with Gasteiger partial charge in [-0.15, -0.1) is 0 Å². The molecule has 110 valence electrons. The molecule has 1 aromatic heterocycles. The summed E-state index contributed by atoms with van der Waals surface area (Å²) in [5.74, 6) is -1.88. The number of hydrogen-bond donors (Lipinski definition) is 1. The fourth-order valence-electron chi connectivity index (χ4n) is 2.51. The van der Waals surface area contributed by atoms with Crippen LogP contribution in [-0.2, 0) is 6.42 Å². The maximum atomic E-state index is 14.1. The highest BCUT2D eigenvalue weighted by molar-refractivity contribution is 5.69. The average Bonchev–Trinajstić information content (AvgIpc) is 2.85. The van der Waals surface area contributed by atoms with Crippen molar-refractivity contribution in [1.82, 2.24) is 4.98 Å². The number of rotatable bonds is 3. The van der Waals surface area contributed by atoms with Crippen LogP contribution in [0.1, 0.15) is 12.5 Å². The zero-order valence-corrected chi connectivity index (χ0v) is 11.5. The molecule has 0 radical (unpaired) electrons. The molecular formula is C15H14F3N3. The number of halogens is 3. The highest BCUT2D eigenvalue weighted by Gasteiger charge is 2.25. The Labute approximate surface area is 120 Å². The van der Waals surface area contributed by atoms with Gasteiger partial charge in [0.25, 0.3) is 0 Å². The van der Waals surface area contributed by atoms with Crippen LogP contribution in [-0.4, -0.2) is 18.1 Å². The number of fused-ring (bicyclic) bond motifs is 1. The molecule has 0 atom stereocenters. The Bertz CT molecular complexity index is 688. The second-order valence-electron chi connectivity index (χ2n) is 4.83. The molecule has 0 fully saturated rings. The standard InChI is InChI=1S/C15H14F3N3/c1-2-19-14-11(17)8-12(18)15(20-14)21-6-5-9-3-4-10(16)7-13(9)21/h3-4,7-8H,2,5-6H2,1H3,(H,19,20). The van der Waals surface area contributed by atoms with E-state index in [1.165, 1.54) is 12.1 Å². The molecule has 2 heterocycles. The third-order valence-corrected chi connectivity index (χ3v) is 3.45. The Morgan fingerprint density at radius 3 is 2.76 bits per heavy atom. The van der Waals surface area contributed by atoms with Crippen molar-refractivity contribution in [2.45, 2.75) is 13.3 Å². The summed E-state index contributed by atoms with van der Waals surface area (Å²) in [5.41, 5.74) is 1.50. The molecule has 1 aliphatic rings. The first-order valence-electron chi connectivity index (χ1n) is 6.76. The second kappa shape index (κ2) is 5.27. The zero-order chi connectivity index (χ0) is 15.0. The third-order valence-electron chi connectivity index (χ3n) is 3.45. The maximum Gasteiger partial charge on any atom is 0.171 e. The van der Waals surface area contributed by atoms with E-state index < -0.39 is 17.5 Å². The highest BCUT2D eigenvalue weighted by Crippen LogP contribution is 2.36. The average molecular weight is 293 g/mol. The van der Waals surface area contributed by atoms with Gasteiger partial charge in [-0.3, -0.25) is 0 Å². The second-order valence-corrected chi connectivity index (χ2v) is 4.83. The Hall–Kier alpha value is -2.24. The van der Waals surface area contributed by atoms with Gasteiger partial charge in [0, 0.05) is 24.8 Å². The van der Waals surface area contributed by atoms with E-state index >= 15 is 0 Å². The van der Waals surface area contributed by atoms with E-state index in [4.69, 9.17) is 0 Å². The first-order valence-corrected chi connectivity index (χ1v) is 6.76. The lowest BCUT2D eigenvalue weighted by Gasteiger charge is -2.20. The molecule has 1 aliphatic heterocycles. The number of nitrogens with zero attached hydrogens (tertiary/aromatic N) is 2. The summed E-state index contributed by atoms with van der Waals surface area (Å²) in [6.45, 7) is 2.75. The van der Waals surface area contributed by atoms with Gasteiger partial charge in [0.05, 0.1) is 0 Å². The SMILES string of the molecule is CCNc1nc(N2CCc3ccc(F)cc32)c(F)cc1F. The van der Waals surface area contributed by atoms with Crippen LogP contribution in [0.5, 0.6) is 0 Å². The van der Waals surface area contributed by atoms with Crippen molar-refractivity contribution in [3.63, 3.8) is 0 Å². The van der Waals surface area contributed by atoms with Crippen molar-refractivity contribution in [2.75, 3.05) is 23.3 Å². The quantitative estimate of drug-likeness (QED) is 0.936. The lowest BCUT2D eigenvalue weighted by atomic mass is 10.2. The fraction of sp³-hybridized carbons (Fsp3) is 0.267. The van der Waals surface area contributed by atoms with Gasteiger partial charge in [-0.05, 0) is 31.0 Å². The van der Waals surface area contributed by atoms with E-state index in [2.05, 4.69) is 10.3 Å². The summed E-state index contributed by atoms with van der Waals surface area (Å²) in [7, 11) is 0. The minimum Gasteiger partial charge on any atom is -0.368 e. The fourth-order valence-corrected chi connectivity index (χ4v) is 2.51. The van der Waals surface area contributed by atoms with E-state index in [0.29, 0.717) is 25.2 Å². The molecule has 21 heavy (non-hydrogen) atoms. The van der Waals surface area contributed by atoms with E-state index in [1.54, 1.807) is 17.9 Å². The molecule has 0 spiro atoms. The molecular weight excluding hydrogens is 279 g/mol. The zero-order valence-electron chi connectivity index (χ0n) is 11.5. The van der Waals surface area contributed by atoms with Gasteiger partial charge >= 0.3 is 0 Å². The summed E-state index contributed by atoms with van der Waals surface area (Å²) in [6.07, 6.45) is 0.671. The molecule has 6 heteroatoms. The summed E-state index contributed by atoms with van der Waals surface area (Å²) in [4.78, 5) is 5.59. The number of aromatic nitrogens is 1. The first kappa shape index (κ1) is 13.7. The summed E-state index contributed by atoms with van der Waals surface area (Å²) < 4.78 is 41.1. The van der Waals surface area contributed by atoms with E-state index in [-0.39, 0.29) is 11.6 Å². The maximum absolute atomic E-state index is 14.1. The molecule has 1 N–H and O–H groups in total. The van der Waals surface area contributed by atoms with Crippen molar-refractivity contribution < 1.29 is 13.2 Å². The van der Waals surface area contributed by atoms with Crippen molar-refractivity contribution >= 4 is 17.3 Å². The molecule has 0 amide bonds. The molecule has 0 saturated heterocycles. The van der Waals surface area contributed by atoms with Gasteiger partial charge < -0.3 is 10.2 Å². The van der Waals surface area contributed by atoms with Crippen LogP contribution in [0.2, 0.25) is 0 Å². The molecule has 3 nitrogen and oxygen atoms in total. The van der Waals surface area contributed by atoms with Crippen LogP contribution in [0, 0.1) is 17.5 Å². The summed E-state index contributed by atoms with van der Waals surface area (Å²) >= 11 is 0. The minimum atomic E-state index is -0.758. The minimum absolute atomic E-state index is 0.00115. The summed E-state index contributed by atoms with van der Waals surface area (Å²) in [5, 5.41) is 2.75. The van der Waals surface area contributed by atoms with Crippen LogP contribution in [0.25, 0.3) is 0 Å². The van der Waals surface area contributed by atoms with E-state index in [1.807, 2.05) is 0 Å². The predicted molar refractivity (Wildman–Crippen MR) is 75.4 cm³/mol. The van der Waals surface area contributed by atoms with Crippen molar-refractivity contribution in [2.24, 2.45) is 0 Å². The number of pyridine rings is 1. The monoisotopic (exact) mass is 293 g/mol. The number of anilines is 3. The van der Waals surface area contributed by atoms with Crippen LogP contribution >= 0.6 is 0 Å². The van der Waals surface area contributed by atoms with Gasteiger partial charge in [-0.2, -0.15) is 0 Å². The Morgan fingerprint density at radius 2 is 2.00 bits per heavy atom. The molecule has 1 aromatic carbocycles. The molecule has 0 saturated carbocycles. The molecule has 0 unspecified atom stereocenters. The molecule has 0 bridgehead atoms. The van der Waals surface area contributed by atoms with Gasteiger partial charge in [0.15, 0.2) is 23.3 Å². The number of benzene rings is 1. The largest absolute Gasteiger partial charge is 0.368 e. The van der Waals surface area contributed by atoms with Crippen molar-refractivity contribution in [3.05, 3.63) is 47.3 Å². The predicted octanol–water partition coefficient (Wildman–Crippen LogP) is 3.62. The van der Waals surface area contributed by atoms with Gasteiger partial charge in [0.2, 0.25) is 0 Å². The Kier molecular flexibility index (Phi) is 3.45. The smallest absolute Gasteiger partial charge is 0.171 e. The van der Waals surface area contributed by atoms with Crippen LogP contribution in [0.15, 0.2) is 24.3 Å². The van der Waals surface area contributed by atoms with Crippen LogP contribution in [0.4, 0.5) is 30.5 Å². The van der Waals surface area contributed by atoms with Crippen molar-refractivity contribution in [3.8, 4) is 0 Å². The van der Waals surface area contributed by atoms with Gasteiger partial charge in [-0.25, -0.2) is 18.2 Å². The van der Waals surface area contributed by atoms with Gasteiger partial charge in [-0.1, -0.05) is 6.07 Å². The topological polar surface area (TPSA) is 28.2 Å². The van der Waals surface area contributed by atoms with Crippen LogP contribution < -0.4 is 10.2 Å². The Morgan fingerprint density at radius 1 is 1.19 bits per heavy atom. The number of nitrogens with one attached hydrogen (secondary N) is 1.